The van der Waals surface area contributed by atoms with Gasteiger partial charge in [0.15, 0.2) is 6.61 Å². The zero-order valence-electron chi connectivity index (χ0n) is 19.3. The van der Waals surface area contributed by atoms with Gasteiger partial charge in [-0.1, -0.05) is 53.2 Å². The molecule has 8 nitrogen and oxygen atoms in total. The van der Waals surface area contributed by atoms with Crippen LogP contribution in [0, 0.1) is 6.92 Å². The first-order valence-electron chi connectivity index (χ1n) is 10.9. The lowest BCUT2D eigenvalue weighted by Gasteiger charge is -2.10. The van der Waals surface area contributed by atoms with Crippen LogP contribution in [0.25, 0.3) is 0 Å². The highest BCUT2D eigenvalue weighted by Crippen LogP contribution is 2.20. The van der Waals surface area contributed by atoms with Crippen LogP contribution in [0.2, 0.25) is 0 Å². The third-order valence-electron chi connectivity index (χ3n) is 4.92. The number of hydrazone groups is 1. The highest BCUT2D eigenvalue weighted by Gasteiger charge is 2.14. The van der Waals surface area contributed by atoms with E-state index >= 15 is 0 Å². The molecule has 0 aliphatic carbocycles. The van der Waals surface area contributed by atoms with Crippen LogP contribution < -0.4 is 20.8 Å². The number of carbonyl (C=O) groups excluding carboxylic acids is 3. The molecule has 180 valence electrons. The lowest BCUT2D eigenvalue weighted by atomic mass is 10.1. The smallest absolute Gasteiger partial charge is 0.329 e. The molecule has 3 N–H and O–H groups in total. The fraction of sp³-hybridized carbons (Fsp3) is 0.154. The Morgan fingerprint density at radius 3 is 2.51 bits per heavy atom. The molecule has 0 atom stereocenters. The number of benzene rings is 3. The summed E-state index contributed by atoms with van der Waals surface area (Å²) in [6.45, 7) is 3.69. The topological polar surface area (TPSA) is 109 Å². The molecule has 3 aromatic rings. The van der Waals surface area contributed by atoms with Crippen molar-refractivity contribution in [1.82, 2.24) is 5.43 Å². The Balaban J connectivity index is 1.50. The number of aryl methyl sites for hydroxylation is 2. The summed E-state index contributed by atoms with van der Waals surface area (Å²) in [6, 6.07) is 19.7. The minimum absolute atomic E-state index is 0.174. The lowest BCUT2D eigenvalue weighted by molar-refractivity contribution is -0.136. The number of rotatable bonds is 8. The van der Waals surface area contributed by atoms with Gasteiger partial charge in [0.25, 0.3) is 5.91 Å². The maximum atomic E-state index is 12.2. The SMILES string of the molecule is CCc1ccccc1NC(=O)C(=O)N/N=C\c1cccc(OCC(=O)Nc2ccc(Br)cc2C)c1. The number of nitrogens with zero attached hydrogens (tertiary/aromatic N) is 1. The van der Waals surface area contributed by atoms with Gasteiger partial charge in [0.1, 0.15) is 5.75 Å². The van der Waals surface area contributed by atoms with E-state index < -0.39 is 11.8 Å². The highest BCUT2D eigenvalue weighted by atomic mass is 79.9. The molecule has 3 aromatic carbocycles. The van der Waals surface area contributed by atoms with E-state index in [1.807, 2.05) is 44.2 Å². The molecule has 0 heterocycles. The molecule has 0 saturated heterocycles. The van der Waals surface area contributed by atoms with E-state index in [9.17, 15) is 14.4 Å². The Hall–Kier alpha value is -3.98. The normalized spacial score (nSPS) is 10.6. The van der Waals surface area contributed by atoms with Crippen LogP contribution in [0.3, 0.4) is 0 Å². The Morgan fingerprint density at radius 2 is 1.74 bits per heavy atom. The standard InChI is InChI=1S/C26H25BrN4O4/c1-3-19-8-4-5-10-23(19)30-25(33)26(34)31-28-15-18-7-6-9-21(14-18)35-16-24(32)29-22-12-11-20(27)13-17(22)2/h4-15H,3,16H2,1-2H3,(H,29,32)(H,30,33)(H,31,34)/b28-15-. The molecule has 0 aromatic heterocycles. The summed E-state index contributed by atoms with van der Waals surface area (Å²) in [6.07, 6.45) is 2.10. The predicted molar refractivity (Wildman–Crippen MR) is 140 cm³/mol. The van der Waals surface area contributed by atoms with Gasteiger partial charge in [-0.25, -0.2) is 5.43 Å². The Bertz CT molecular complexity index is 1260. The molecule has 35 heavy (non-hydrogen) atoms. The zero-order chi connectivity index (χ0) is 25.2. The second-order valence-electron chi connectivity index (χ2n) is 7.53. The van der Waals surface area contributed by atoms with Crippen LogP contribution in [-0.4, -0.2) is 30.5 Å². The maximum Gasteiger partial charge on any atom is 0.329 e. The summed E-state index contributed by atoms with van der Waals surface area (Å²) in [5, 5.41) is 9.22. The van der Waals surface area contributed by atoms with E-state index in [2.05, 4.69) is 37.1 Å². The van der Waals surface area contributed by atoms with Crippen LogP contribution in [-0.2, 0) is 20.8 Å². The molecule has 3 rings (SSSR count). The number of anilines is 2. The number of hydrogen-bond donors (Lipinski definition) is 3. The molecule has 0 saturated carbocycles. The van der Waals surface area contributed by atoms with Gasteiger partial charge in [-0.2, -0.15) is 5.10 Å². The van der Waals surface area contributed by atoms with Gasteiger partial charge in [0.05, 0.1) is 6.21 Å². The van der Waals surface area contributed by atoms with Crippen LogP contribution in [0.5, 0.6) is 5.75 Å². The fourth-order valence-corrected chi connectivity index (χ4v) is 3.61. The van der Waals surface area contributed by atoms with E-state index in [1.54, 1.807) is 36.4 Å². The van der Waals surface area contributed by atoms with Gasteiger partial charge in [0.2, 0.25) is 0 Å². The highest BCUT2D eigenvalue weighted by molar-refractivity contribution is 9.10. The van der Waals surface area contributed by atoms with Crippen LogP contribution in [0.1, 0.15) is 23.6 Å². The summed E-state index contributed by atoms with van der Waals surface area (Å²) in [4.78, 5) is 36.4. The molecule has 0 fully saturated rings. The van der Waals surface area contributed by atoms with Crippen molar-refractivity contribution < 1.29 is 19.1 Å². The second kappa shape index (κ2) is 12.5. The molecule has 0 unspecified atom stereocenters. The molecule has 0 spiro atoms. The third-order valence-corrected chi connectivity index (χ3v) is 5.42. The van der Waals surface area contributed by atoms with Crippen molar-refractivity contribution in [3.63, 3.8) is 0 Å². The lowest BCUT2D eigenvalue weighted by Crippen LogP contribution is -2.32. The first-order chi connectivity index (χ1) is 16.9. The number of para-hydroxylation sites is 1. The molecule has 0 aliphatic rings. The molecule has 9 heteroatoms. The van der Waals surface area contributed by atoms with Crippen molar-refractivity contribution in [2.24, 2.45) is 5.10 Å². The number of ether oxygens (including phenoxy) is 1. The summed E-state index contributed by atoms with van der Waals surface area (Å²) >= 11 is 3.39. The minimum Gasteiger partial charge on any atom is -0.484 e. The number of halogens is 1. The predicted octanol–water partition coefficient (Wildman–Crippen LogP) is 4.43. The Labute approximate surface area is 211 Å². The van der Waals surface area contributed by atoms with Gasteiger partial charge >= 0.3 is 11.8 Å². The van der Waals surface area contributed by atoms with Gasteiger partial charge < -0.3 is 15.4 Å². The van der Waals surface area contributed by atoms with Gasteiger partial charge in [0, 0.05) is 15.8 Å². The van der Waals surface area contributed by atoms with Crippen LogP contribution in [0.15, 0.2) is 76.3 Å². The van der Waals surface area contributed by atoms with E-state index in [-0.39, 0.29) is 12.5 Å². The van der Waals surface area contributed by atoms with Crippen molar-refractivity contribution in [2.45, 2.75) is 20.3 Å². The second-order valence-corrected chi connectivity index (χ2v) is 8.45. The molecule has 3 amide bonds. The van der Waals surface area contributed by atoms with Crippen molar-refractivity contribution in [3.8, 4) is 5.75 Å². The fourth-order valence-electron chi connectivity index (χ4n) is 3.13. The quantitative estimate of drug-likeness (QED) is 0.225. The number of hydrogen-bond acceptors (Lipinski definition) is 5. The summed E-state index contributed by atoms with van der Waals surface area (Å²) in [5.41, 5.74) is 5.97. The zero-order valence-corrected chi connectivity index (χ0v) is 20.9. The monoisotopic (exact) mass is 536 g/mol. The molecule has 0 radical (unpaired) electrons. The van der Waals surface area contributed by atoms with Crippen molar-refractivity contribution in [1.29, 1.82) is 0 Å². The van der Waals surface area contributed by atoms with E-state index in [4.69, 9.17) is 4.74 Å². The third kappa shape index (κ3) is 7.79. The largest absolute Gasteiger partial charge is 0.484 e. The van der Waals surface area contributed by atoms with Crippen LogP contribution in [0.4, 0.5) is 11.4 Å². The summed E-state index contributed by atoms with van der Waals surface area (Å²) in [5.74, 6) is -1.54. The van der Waals surface area contributed by atoms with Gasteiger partial charge in [-0.05, 0) is 66.4 Å². The average molecular weight is 537 g/mol. The Morgan fingerprint density at radius 1 is 0.943 bits per heavy atom. The number of amides is 3. The molecule has 0 bridgehead atoms. The minimum atomic E-state index is -0.889. The van der Waals surface area contributed by atoms with E-state index in [0.29, 0.717) is 22.7 Å². The van der Waals surface area contributed by atoms with E-state index in [1.165, 1.54) is 6.21 Å². The molecular weight excluding hydrogens is 512 g/mol. The van der Waals surface area contributed by atoms with Crippen molar-refractivity contribution >= 4 is 51.2 Å². The van der Waals surface area contributed by atoms with Crippen molar-refractivity contribution in [3.05, 3.63) is 87.9 Å². The molecular formula is C26H25BrN4O4. The summed E-state index contributed by atoms with van der Waals surface area (Å²) in [7, 11) is 0. The first kappa shape index (κ1) is 25.6. The summed E-state index contributed by atoms with van der Waals surface area (Å²) < 4.78 is 6.50. The maximum absolute atomic E-state index is 12.2. The molecule has 0 aliphatic heterocycles. The average Bonchev–Trinajstić information content (AvgIpc) is 2.85. The van der Waals surface area contributed by atoms with Crippen LogP contribution >= 0.6 is 15.9 Å². The Kier molecular flexibility index (Phi) is 9.14. The number of nitrogens with one attached hydrogen (secondary N) is 3. The first-order valence-corrected chi connectivity index (χ1v) is 11.7. The van der Waals surface area contributed by atoms with E-state index in [0.717, 1.165) is 22.0 Å². The van der Waals surface area contributed by atoms with Crippen molar-refractivity contribution in [2.75, 3.05) is 17.2 Å². The van der Waals surface area contributed by atoms with Gasteiger partial charge in [-0.3, -0.25) is 14.4 Å². The number of carbonyl (C=O) groups is 3. The van der Waals surface area contributed by atoms with Gasteiger partial charge in [-0.15, -0.1) is 0 Å².